The van der Waals surface area contributed by atoms with E-state index < -0.39 is 180 Å². The van der Waals surface area contributed by atoms with E-state index >= 15 is 0 Å². The number of H-pyrrole nitrogens is 2. The standard InChI is InChI=1S/2C34H23ClN8O14S3.Cr.6Na/c2*35-32-38-33(36-20-9-11-22-19(14-20)15-28(60(55,56)57)29(30(22)44)42-41-24-4-2-1-3-23(24)31(45)46)40-34(39-32)37-25-12-6-17(13-27(25)59(52,53)54)5-7-18-8-10-21(43(47)48)16-26(18)58(49,50)51;;;;;;;/h2*1-16,44H,(H,45,46)(H,49,50,51)(H,52,53,54)(H,55,56,57)(H2,36,37,38,39,40);;;;;;;/q;;+3;6*+1/p-9/b7-5+,42-41?;7-5-,42-41?;;;;;;;. The Kier molecular flexibility index (Phi) is 40.6. The number of carbonyl (C=O) groups excluding carboxylic acids is 2. The number of non-ortho nitro benzene ring substituents is 2. The maximum absolute atomic E-state index is 13.4. The Morgan fingerprint density at radius 2 is 0.756 bits per heavy atom. The number of azo groups is 2. The molecule has 12 rings (SSSR count). The number of aromatic amines is 2. The molecule has 619 valence electrons. The summed E-state index contributed by atoms with van der Waals surface area (Å²) in [5.74, 6) is -5.92. The molecule has 0 saturated heterocycles. The maximum atomic E-state index is 13.4. The summed E-state index contributed by atoms with van der Waals surface area (Å²) in [6, 6.07) is 30.9. The smallest absolute Gasteiger partial charge is 0.871 e. The number of hydrogen-bond acceptors (Lipinski definition) is 39. The van der Waals surface area contributed by atoms with Crippen LogP contribution in [0.5, 0.6) is 11.5 Å². The molecule has 0 atom stereocenters. The van der Waals surface area contributed by atoms with Crippen molar-refractivity contribution in [3.05, 3.63) is 245 Å². The van der Waals surface area contributed by atoms with Gasteiger partial charge in [-0.05, 0) is 152 Å². The fraction of sp³-hybridized carbons (Fsp3) is 0. The summed E-state index contributed by atoms with van der Waals surface area (Å²) in [5.41, 5.74) is -6.56. The first-order valence-corrected chi connectivity index (χ1v) is 41.3. The average molecular weight is 1980 g/mol. The average Bonchev–Trinajstić information content (AvgIpc) is 0.762. The summed E-state index contributed by atoms with van der Waals surface area (Å²) in [6.45, 7) is 0. The molecular weight excluding hydrogens is 1940 g/mol. The van der Waals surface area contributed by atoms with Gasteiger partial charge in [-0.3, -0.25) is 34.7 Å². The molecule has 1 radical (unpaired) electrons. The molecule has 0 fully saturated rings. The molecule has 2 heterocycles. The summed E-state index contributed by atoms with van der Waals surface area (Å²) >= 11 is 12.2. The summed E-state index contributed by atoms with van der Waals surface area (Å²) in [6.07, 6.45) is 4.36. The Morgan fingerprint density at radius 3 is 1.09 bits per heavy atom. The number of hydrogen-bond donors (Lipinski definition) is 5. The van der Waals surface area contributed by atoms with E-state index in [1.807, 2.05) is 0 Å². The van der Waals surface area contributed by atoms with Crippen LogP contribution in [0, 0.1) is 20.2 Å². The maximum Gasteiger partial charge on any atom is 3.00 e. The van der Waals surface area contributed by atoms with Gasteiger partial charge in [-0.2, -0.15) is 28.4 Å². The van der Waals surface area contributed by atoms with Gasteiger partial charge in [0.15, 0.2) is 0 Å². The number of nitrogens with one attached hydrogen (secondary N) is 4. The van der Waals surface area contributed by atoms with Crippen LogP contribution in [0.3, 0.4) is 0 Å². The van der Waals surface area contributed by atoms with Gasteiger partial charge in [-0.15, -0.1) is 20.5 Å². The summed E-state index contributed by atoms with van der Waals surface area (Å²) < 4.78 is 216. The second kappa shape index (κ2) is 46.1. The molecule has 0 saturated carbocycles. The number of aromatic carboxylic acids is 2. The number of nitrogens with zero attached hydrogens (tertiary/aromatic N) is 12. The van der Waals surface area contributed by atoms with Crippen LogP contribution in [0.4, 0.5) is 68.8 Å². The van der Waals surface area contributed by atoms with E-state index in [1.165, 1.54) is 84.9 Å². The van der Waals surface area contributed by atoms with Crippen LogP contribution >= 0.6 is 23.2 Å². The van der Waals surface area contributed by atoms with Gasteiger partial charge in [0.2, 0.25) is 33.7 Å². The Hall–Kier alpha value is -7.47. The molecule has 2 aromatic heterocycles. The molecule has 5 N–H and O–H groups in total. The van der Waals surface area contributed by atoms with Gasteiger partial charge >= 0.3 is 195 Å². The first kappa shape index (κ1) is 112. The molecule has 59 heteroatoms. The molecule has 127 heavy (non-hydrogen) atoms. The molecule has 0 aliphatic rings. The number of rotatable bonds is 24. The molecule has 12 aromatic rings. The Labute approximate surface area is 868 Å². The number of carbonyl (C=O) groups is 2. The number of nitro benzene ring substituents is 2. The van der Waals surface area contributed by atoms with Crippen molar-refractivity contribution >= 4 is 210 Å². The van der Waals surface area contributed by atoms with Crippen LogP contribution in [0.25, 0.3) is 45.8 Å². The number of carboxylic acids is 2. The van der Waals surface area contributed by atoms with E-state index in [0.29, 0.717) is 12.1 Å². The van der Waals surface area contributed by atoms with Gasteiger partial charge in [0.25, 0.3) is 21.5 Å². The second-order valence-electron chi connectivity index (χ2n) is 23.9. The van der Waals surface area contributed by atoms with E-state index in [4.69, 9.17) is 23.2 Å². The monoisotopic (exact) mass is 1980 g/mol. The van der Waals surface area contributed by atoms with Gasteiger partial charge in [-0.25, -0.2) is 52.1 Å². The zero-order valence-electron chi connectivity index (χ0n) is 64.9. The van der Waals surface area contributed by atoms with Gasteiger partial charge in [0.1, 0.15) is 55.5 Å². The largest absolute Gasteiger partial charge is 3.00 e. The number of benzene rings is 10. The van der Waals surface area contributed by atoms with E-state index in [0.717, 1.165) is 97.1 Å². The zero-order valence-corrected chi connectivity index (χ0v) is 84.6. The molecule has 0 bridgehead atoms. The van der Waals surface area contributed by atoms with E-state index in [9.17, 15) is 128 Å². The van der Waals surface area contributed by atoms with Crippen LogP contribution in [0.1, 0.15) is 43.0 Å². The summed E-state index contributed by atoms with van der Waals surface area (Å²) in [5, 5.41) is 90.8. The quantitative estimate of drug-likeness (QED) is 0.00936. The third kappa shape index (κ3) is 28.8. The minimum absolute atomic E-state index is 0. The molecule has 44 nitrogen and oxygen atoms in total. The normalized spacial score (nSPS) is 12.0. The van der Waals surface area contributed by atoms with Crippen LogP contribution in [-0.4, -0.2) is 130 Å². The molecule has 0 aliphatic carbocycles. The van der Waals surface area contributed by atoms with E-state index in [2.05, 4.69) is 71.0 Å². The van der Waals surface area contributed by atoms with Crippen molar-refractivity contribution in [2.24, 2.45) is 30.4 Å². The van der Waals surface area contributed by atoms with Crippen LogP contribution < -0.4 is 220 Å². The van der Waals surface area contributed by atoms with Crippen molar-refractivity contribution in [1.29, 1.82) is 0 Å². The number of nitro groups is 2. The first-order valence-electron chi connectivity index (χ1n) is 32.1. The van der Waals surface area contributed by atoms with E-state index in [-0.39, 0.29) is 284 Å². The molecular formula is C68H37Cl2CrN16Na6O28S6. The topological polar surface area (TPSA) is 734 Å². The van der Waals surface area contributed by atoms with Gasteiger partial charge in [0, 0.05) is 46.8 Å². The van der Waals surface area contributed by atoms with Crippen LogP contribution in [-0.2, 0) is 78.1 Å². The third-order valence-corrected chi connectivity index (χ3v) is 21.6. The Balaban J connectivity index is 0.000000504. The van der Waals surface area contributed by atoms with Crippen molar-refractivity contribution in [2.45, 2.75) is 29.4 Å². The predicted octanol–water partition coefficient (Wildman–Crippen LogP) is -11.2. The molecule has 0 spiro atoms. The predicted molar refractivity (Wildman–Crippen MR) is 403 cm³/mol. The first-order chi connectivity index (χ1) is 56.2. The van der Waals surface area contributed by atoms with Crippen molar-refractivity contribution < 1.29 is 312 Å². The summed E-state index contributed by atoms with van der Waals surface area (Å²) in [7, 11) is -31.4. The molecule has 10 aromatic carbocycles. The van der Waals surface area contributed by atoms with Gasteiger partial charge < -0.3 is 63.4 Å². The number of aromatic nitrogens is 6. The third-order valence-electron chi connectivity index (χ3n) is 16.0. The van der Waals surface area contributed by atoms with Crippen molar-refractivity contribution in [2.75, 3.05) is 10.6 Å². The van der Waals surface area contributed by atoms with Gasteiger partial charge in [0.05, 0.1) is 80.4 Å². The second-order valence-corrected chi connectivity index (χ2v) is 32.7. The van der Waals surface area contributed by atoms with Gasteiger partial charge in [-0.1, -0.05) is 96.5 Å². The zero-order chi connectivity index (χ0) is 87.5. The fourth-order valence-corrected chi connectivity index (χ4v) is 15.0. The van der Waals surface area contributed by atoms with Crippen molar-refractivity contribution in [3.8, 4) is 11.5 Å². The van der Waals surface area contributed by atoms with E-state index in [1.54, 1.807) is 0 Å². The number of carboxylic acid groups (broad SMARTS) is 2. The Bertz CT molecular complexity index is 7010. The Morgan fingerprint density at radius 1 is 0.409 bits per heavy atom. The SMILES string of the molecule is O=C([O-])c1ccccc1N=Nc1c(S(=O)(=O)O)cc2cc(Nc3nc(Cl)[nH]c(=Nc4ccc(/C=C/c5ccc([N+](=O)[O-])cc5S(=O)(=O)[O-])cc4S(=O)(=O)[O-])n3)ccc2c1[O-].O=C([O-])c1ccccc1N=Nc1c(S(=O)(=O)[O-])cc2cc(Nc3nc(Cl)[nH]c(=Nc4ccc(/C=C\c5ccc([N+](=O)[O-])cc5S(=O)(=O)[O-])cc4S(=O)(=O)[O-])n3)ccc2c1[O-].[Cr+3].[Na+].[Na+].[Na+].[Na+].[Na+].[Na+]. The van der Waals surface area contributed by atoms with Crippen LogP contribution in [0.2, 0.25) is 10.6 Å². The molecule has 0 aliphatic heterocycles. The van der Waals surface area contributed by atoms with Crippen molar-refractivity contribution in [1.82, 2.24) is 29.9 Å². The van der Waals surface area contributed by atoms with Crippen LogP contribution in [0.15, 0.2) is 230 Å². The molecule has 0 amide bonds. The number of fused-ring (bicyclic) bond motifs is 2. The number of anilines is 4. The number of halogens is 2. The minimum Gasteiger partial charge on any atom is -0.871 e. The fourth-order valence-electron chi connectivity index (χ4n) is 10.7. The molecule has 0 unspecified atom stereocenters. The van der Waals surface area contributed by atoms with Crippen molar-refractivity contribution in [3.63, 3.8) is 0 Å². The summed E-state index contributed by atoms with van der Waals surface area (Å²) in [4.78, 5) is 66.6. The minimum atomic E-state index is -5.37.